The van der Waals surface area contributed by atoms with Crippen molar-refractivity contribution in [3.63, 3.8) is 0 Å². The van der Waals surface area contributed by atoms with Gasteiger partial charge in [0.1, 0.15) is 18.2 Å². The van der Waals surface area contributed by atoms with Crippen LogP contribution in [0.3, 0.4) is 0 Å². The topological polar surface area (TPSA) is 93.2 Å². The van der Waals surface area contributed by atoms with Gasteiger partial charge >= 0.3 is 11.9 Å². The number of ether oxygens (including phenoxy) is 2. The number of methoxy groups -OCH3 is 1. The van der Waals surface area contributed by atoms with Crippen molar-refractivity contribution in [2.24, 2.45) is 0 Å². The molecule has 1 fully saturated rings. The first kappa shape index (κ1) is 27.3. The maximum Gasteiger partial charge on any atom is 0.338 e. The highest BCUT2D eigenvalue weighted by atomic mass is 16.6. The highest BCUT2D eigenvalue weighted by Crippen LogP contribution is 2.19. The van der Waals surface area contributed by atoms with Crippen LogP contribution in [-0.4, -0.2) is 65.4 Å². The van der Waals surface area contributed by atoms with Crippen LogP contribution in [0.1, 0.15) is 82.1 Å². The van der Waals surface area contributed by atoms with E-state index in [0.717, 1.165) is 37.7 Å². The molecule has 2 rings (SSSR count). The van der Waals surface area contributed by atoms with Gasteiger partial charge in [0, 0.05) is 13.0 Å². The van der Waals surface area contributed by atoms with E-state index in [1.54, 1.807) is 49.9 Å². The predicted molar refractivity (Wildman–Crippen MR) is 128 cm³/mol. The Labute approximate surface area is 202 Å². The summed E-state index contributed by atoms with van der Waals surface area (Å²) in [5.41, 5.74) is 0.643. The molecule has 1 atom stereocenters. The van der Waals surface area contributed by atoms with Crippen LogP contribution in [-0.2, 0) is 30.4 Å². The first-order valence-corrected chi connectivity index (χ1v) is 12.0. The number of hydrogen-bond acceptors (Lipinski definition) is 6. The molecule has 34 heavy (non-hydrogen) atoms. The highest BCUT2D eigenvalue weighted by Gasteiger charge is 2.39. The van der Waals surface area contributed by atoms with Crippen molar-refractivity contribution < 1.29 is 28.7 Å². The van der Waals surface area contributed by atoms with Crippen molar-refractivity contribution in [1.82, 2.24) is 9.80 Å². The van der Waals surface area contributed by atoms with Gasteiger partial charge in [-0.1, -0.05) is 44.7 Å². The lowest BCUT2D eigenvalue weighted by Gasteiger charge is -2.39. The number of benzene rings is 1. The molecule has 1 aliphatic rings. The first-order valence-electron chi connectivity index (χ1n) is 12.0. The van der Waals surface area contributed by atoms with Gasteiger partial charge in [-0.3, -0.25) is 9.59 Å². The zero-order chi connectivity index (χ0) is 25.3. The van der Waals surface area contributed by atoms with Crippen molar-refractivity contribution in [1.29, 1.82) is 0 Å². The molecular weight excluding hydrogens is 436 g/mol. The fraction of sp³-hybridized carbons (Fsp3) is 0.615. The van der Waals surface area contributed by atoms with Crippen LogP contribution in [0.4, 0.5) is 0 Å². The summed E-state index contributed by atoms with van der Waals surface area (Å²) in [6.07, 6.45) is 5.34. The van der Waals surface area contributed by atoms with Crippen LogP contribution in [0.25, 0.3) is 0 Å². The van der Waals surface area contributed by atoms with Gasteiger partial charge in [-0.05, 0) is 44.9 Å². The second-order valence-electron chi connectivity index (χ2n) is 9.70. The van der Waals surface area contributed by atoms with E-state index in [-0.39, 0.29) is 31.4 Å². The summed E-state index contributed by atoms with van der Waals surface area (Å²) >= 11 is 0. The molecule has 188 valence electrons. The van der Waals surface area contributed by atoms with Crippen molar-refractivity contribution in [3.05, 3.63) is 35.4 Å². The normalized spacial score (nSPS) is 16.4. The van der Waals surface area contributed by atoms with Gasteiger partial charge in [-0.15, -0.1) is 0 Å². The Balaban J connectivity index is 2.02. The first-order chi connectivity index (χ1) is 16.1. The molecule has 0 spiro atoms. The fourth-order valence-corrected chi connectivity index (χ4v) is 3.84. The molecule has 0 unspecified atom stereocenters. The largest absolute Gasteiger partial charge is 0.467 e. The summed E-state index contributed by atoms with van der Waals surface area (Å²) in [6.45, 7) is 7.73. The summed E-state index contributed by atoms with van der Waals surface area (Å²) in [4.78, 5) is 53.2. The number of carbonyl (C=O) groups excluding carboxylic acids is 4. The average molecular weight is 475 g/mol. The summed E-state index contributed by atoms with van der Waals surface area (Å²) < 4.78 is 10.3. The molecule has 1 aliphatic heterocycles. The lowest BCUT2D eigenvalue weighted by Crippen LogP contribution is -2.60. The van der Waals surface area contributed by atoms with Crippen LogP contribution in [0, 0.1) is 0 Å². The van der Waals surface area contributed by atoms with E-state index in [4.69, 9.17) is 9.47 Å². The summed E-state index contributed by atoms with van der Waals surface area (Å²) in [5.74, 6) is -1.36. The molecule has 1 aromatic carbocycles. The fourth-order valence-electron chi connectivity index (χ4n) is 3.84. The van der Waals surface area contributed by atoms with E-state index in [0.29, 0.717) is 12.0 Å². The molecule has 2 amide bonds. The van der Waals surface area contributed by atoms with Crippen molar-refractivity contribution >= 4 is 23.8 Å². The molecule has 8 nitrogen and oxygen atoms in total. The van der Waals surface area contributed by atoms with Gasteiger partial charge in [0.15, 0.2) is 0 Å². The minimum Gasteiger partial charge on any atom is -0.467 e. The molecule has 0 N–H and O–H groups in total. The second-order valence-corrected chi connectivity index (χ2v) is 9.70. The number of hydrogen-bond donors (Lipinski definition) is 0. The molecule has 1 saturated heterocycles. The number of esters is 2. The summed E-state index contributed by atoms with van der Waals surface area (Å²) in [7, 11) is 1.28. The Bertz CT molecular complexity index is 859. The Morgan fingerprint density at radius 1 is 1.03 bits per heavy atom. The Kier molecular flexibility index (Phi) is 10.1. The molecule has 0 bridgehead atoms. The van der Waals surface area contributed by atoms with Gasteiger partial charge in [0.05, 0.1) is 19.2 Å². The van der Waals surface area contributed by atoms with E-state index in [9.17, 15) is 19.2 Å². The van der Waals surface area contributed by atoms with Crippen molar-refractivity contribution in [2.75, 3.05) is 20.2 Å². The Hall–Kier alpha value is -2.90. The van der Waals surface area contributed by atoms with Gasteiger partial charge in [0.2, 0.25) is 11.8 Å². The predicted octanol–water partition coefficient (Wildman–Crippen LogP) is 3.71. The third kappa shape index (κ3) is 8.15. The van der Waals surface area contributed by atoms with Gasteiger partial charge in [-0.25, -0.2) is 9.59 Å². The molecule has 0 saturated carbocycles. The van der Waals surface area contributed by atoms with Crippen LogP contribution in [0.15, 0.2) is 24.3 Å². The zero-order valence-corrected chi connectivity index (χ0v) is 21.1. The number of nitrogens with zero attached hydrogens (tertiary/aromatic N) is 2. The quantitative estimate of drug-likeness (QED) is 0.379. The number of piperazine rings is 1. The molecular formula is C26H38N2O6. The van der Waals surface area contributed by atoms with Gasteiger partial charge in [-0.2, -0.15) is 0 Å². The minimum atomic E-state index is -0.827. The monoisotopic (exact) mass is 474 g/mol. The van der Waals surface area contributed by atoms with Crippen LogP contribution in [0.2, 0.25) is 0 Å². The lowest BCUT2D eigenvalue weighted by molar-refractivity contribution is -0.161. The van der Waals surface area contributed by atoms with Gasteiger partial charge in [0.25, 0.3) is 0 Å². The van der Waals surface area contributed by atoms with E-state index in [1.165, 1.54) is 12.0 Å². The van der Waals surface area contributed by atoms with Gasteiger partial charge < -0.3 is 19.3 Å². The van der Waals surface area contributed by atoms with E-state index >= 15 is 0 Å². The third-order valence-electron chi connectivity index (χ3n) is 5.68. The Morgan fingerprint density at radius 3 is 2.26 bits per heavy atom. The maximum absolute atomic E-state index is 12.8. The molecule has 1 heterocycles. The smallest absolute Gasteiger partial charge is 0.338 e. The molecule has 0 aromatic heterocycles. The van der Waals surface area contributed by atoms with Crippen LogP contribution < -0.4 is 0 Å². The van der Waals surface area contributed by atoms with E-state index < -0.39 is 23.6 Å². The SMILES string of the molecule is CCCCCCCC(=O)N1CC(=O)N(Cc2ccc(C(=O)OC(C)(C)C)cc2)C[C@@H]1C(=O)OC. The number of rotatable bonds is 10. The standard InChI is InChI=1S/C26H38N2O6/c1-6-7-8-9-10-11-22(29)28-18-23(30)27(17-21(28)25(32)33-5)16-19-12-14-20(15-13-19)24(31)34-26(2,3)4/h12-15,21H,6-11,16-18H2,1-5H3/t21-/m1/s1. The molecule has 0 aliphatic carbocycles. The van der Waals surface area contributed by atoms with E-state index in [2.05, 4.69) is 6.92 Å². The Morgan fingerprint density at radius 2 is 1.68 bits per heavy atom. The number of amides is 2. The average Bonchev–Trinajstić information content (AvgIpc) is 2.78. The molecule has 1 aromatic rings. The van der Waals surface area contributed by atoms with Crippen molar-refractivity contribution in [2.45, 2.75) is 84.4 Å². The molecule has 8 heteroatoms. The number of unbranched alkanes of at least 4 members (excludes halogenated alkanes) is 4. The van der Waals surface area contributed by atoms with Crippen LogP contribution in [0.5, 0.6) is 0 Å². The second kappa shape index (κ2) is 12.5. The molecule has 0 radical (unpaired) electrons. The minimum absolute atomic E-state index is 0.0703. The maximum atomic E-state index is 12.8. The zero-order valence-electron chi connectivity index (χ0n) is 21.1. The van der Waals surface area contributed by atoms with E-state index in [1.807, 2.05) is 0 Å². The van der Waals surface area contributed by atoms with Crippen LogP contribution >= 0.6 is 0 Å². The third-order valence-corrected chi connectivity index (χ3v) is 5.68. The summed E-state index contributed by atoms with van der Waals surface area (Å²) in [5, 5.41) is 0. The highest BCUT2D eigenvalue weighted by molar-refractivity contribution is 5.92. The van der Waals surface area contributed by atoms with Crippen molar-refractivity contribution in [3.8, 4) is 0 Å². The number of carbonyl (C=O) groups is 4. The lowest BCUT2D eigenvalue weighted by atomic mass is 10.1. The summed E-state index contributed by atoms with van der Waals surface area (Å²) in [6, 6.07) is 6.00.